The molecule has 204 valence electrons. The fourth-order valence-electron chi connectivity index (χ4n) is 3.61. The molecule has 0 saturated carbocycles. The van der Waals surface area contributed by atoms with E-state index < -0.39 is 62.2 Å². The lowest BCUT2D eigenvalue weighted by atomic mass is 9.98. The van der Waals surface area contributed by atoms with Gasteiger partial charge in [0, 0.05) is 12.3 Å². The molecule has 2 N–H and O–H groups in total. The number of carbonyl (C=O) groups is 1. The minimum absolute atomic E-state index is 0.161. The maximum absolute atomic E-state index is 15.5. The van der Waals surface area contributed by atoms with Crippen LogP contribution in [-0.4, -0.2) is 62.6 Å². The third-order valence-electron chi connectivity index (χ3n) is 5.76. The number of H-pyrrole nitrogens is 1. The highest BCUT2D eigenvalue weighted by molar-refractivity contribution is 7.36. The first kappa shape index (κ1) is 28.7. The maximum atomic E-state index is 15.5. The van der Waals surface area contributed by atoms with Crippen LogP contribution < -0.4 is 15.8 Å². The number of esters is 1. The molecule has 14 heteroatoms. The Morgan fingerprint density at radius 2 is 2.03 bits per heavy atom. The molecular formula is C23H31FN3O9P. The zero-order chi connectivity index (χ0) is 27.2. The second kappa shape index (κ2) is 12.6. The number of hydrogen-bond acceptors (Lipinski definition) is 9. The second-order valence-corrected chi connectivity index (χ2v) is 9.82. The average Bonchev–Trinajstić information content (AvgIpc) is 3.08. The van der Waals surface area contributed by atoms with E-state index in [-0.39, 0.29) is 12.4 Å². The number of aliphatic hydroxyl groups is 1. The van der Waals surface area contributed by atoms with Gasteiger partial charge in [0.05, 0.1) is 13.2 Å². The van der Waals surface area contributed by atoms with Gasteiger partial charge in [0.25, 0.3) is 5.56 Å². The van der Waals surface area contributed by atoms with E-state index in [0.717, 1.165) is 35.0 Å². The van der Waals surface area contributed by atoms with E-state index in [4.69, 9.17) is 18.8 Å². The van der Waals surface area contributed by atoms with Gasteiger partial charge in [-0.3, -0.25) is 28.5 Å². The van der Waals surface area contributed by atoms with Crippen molar-refractivity contribution in [3.05, 3.63) is 63.4 Å². The first-order valence-corrected chi connectivity index (χ1v) is 13.0. The van der Waals surface area contributed by atoms with E-state index in [2.05, 4.69) is 0 Å². The number of ether oxygens (including phenoxy) is 2. The van der Waals surface area contributed by atoms with Crippen molar-refractivity contribution in [1.29, 1.82) is 0 Å². The number of halogens is 1. The molecule has 0 spiro atoms. The monoisotopic (exact) mass is 543 g/mol. The summed E-state index contributed by atoms with van der Waals surface area (Å²) in [5.41, 5.74) is -4.07. The minimum Gasteiger partial charge on any atom is -0.464 e. The predicted molar refractivity (Wildman–Crippen MR) is 130 cm³/mol. The summed E-state index contributed by atoms with van der Waals surface area (Å²) in [6.07, 6.45) is -2.22. The van der Waals surface area contributed by atoms with Crippen LogP contribution in [-0.2, 0) is 23.7 Å². The van der Waals surface area contributed by atoms with E-state index in [0.29, 0.717) is 6.42 Å². The van der Waals surface area contributed by atoms with Crippen LogP contribution in [0.25, 0.3) is 0 Å². The largest absolute Gasteiger partial charge is 0.464 e. The van der Waals surface area contributed by atoms with Crippen LogP contribution in [0.3, 0.4) is 0 Å². The molecule has 12 nitrogen and oxygen atoms in total. The molecule has 0 bridgehead atoms. The molecule has 0 aliphatic carbocycles. The third-order valence-corrected chi connectivity index (χ3v) is 7.05. The smallest absolute Gasteiger partial charge is 0.331 e. The van der Waals surface area contributed by atoms with Crippen LogP contribution in [0.2, 0.25) is 0 Å². The second-order valence-electron chi connectivity index (χ2n) is 8.64. The Morgan fingerprint density at radius 3 is 2.68 bits per heavy atom. The SMILES string of the molecule is CCCCOC(=O)[C@H](C)N(OC[C@H]1O[C@@H](n2ccc(=O)[nH]c2=O)[C@](C)(F)[C@@H]1O)[PH](=O)Oc1ccccc1. The van der Waals surface area contributed by atoms with Gasteiger partial charge in [-0.05, 0) is 32.4 Å². The summed E-state index contributed by atoms with van der Waals surface area (Å²) in [7, 11) is -3.23. The van der Waals surface area contributed by atoms with Crippen molar-refractivity contribution in [3.8, 4) is 5.75 Å². The summed E-state index contributed by atoms with van der Waals surface area (Å²) in [6.45, 7) is 3.98. The number of aromatic nitrogens is 2. The Kier molecular flexibility index (Phi) is 9.80. The Bertz CT molecular complexity index is 1190. The van der Waals surface area contributed by atoms with E-state index in [9.17, 15) is 24.1 Å². The Labute approximate surface area is 212 Å². The van der Waals surface area contributed by atoms with E-state index in [1.807, 2.05) is 11.9 Å². The zero-order valence-corrected chi connectivity index (χ0v) is 21.7. The molecule has 1 aliphatic rings. The normalized spacial score (nSPS) is 25.1. The summed E-state index contributed by atoms with van der Waals surface area (Å²) in [5.74, 6) is -0.457. The fourth-order valence-corrected chi connectivity index (χ4v) is 4.64. The van der Waals surface area contributed by atoms with Crippen LogP contribution in [0.1, 0.15) is 39.8 Å². The van der Waals surface area contributed by atoms with Crippen LogP contribution in [0, 0.1) is 0 Å². The molecule has 0 amide bonds. The number of hydroxylamine groups is 1. The summed E-state index contributed by atoms with van der Waals surface area (Å²) in [6, 6.07) is 8.04. The maximum Gasteiger partial charge on any atom is 0.331 e. The summed E-state index contributed by atoms with van der Waals surface area (Å²) >= 11 is 0. The number of para-hydroxylation sites is 1. The molecule has 2 heterocycles. The lowest BCUT2D eigenvalue weighted by Crippen LogP contribution is -2.44. The minimum atomic E-state index is -3.23. The zero-order valence-electron chi connectivity index (χ0n) is 20.7. The summed E-state index contributed by atoms with van der Waals surface area (Å²) in [5, 5.41) is 10.6. The van der Waals surface area contributed by atoms with E-state index >= 15 is 4.39 Å². The number of hydrogen-bond donors (Lipinski definition) is 2. The molecular weight excluding hydrogens is 512 g/mol. The van der Waals surface area contributed by atoms with Gasteiger partial charge in [-0.15, -0.1) is 0 Å². The Balaban J connectivity index is 1.77. The van der Waals surface area contributed by atoms with Gasteiger partial charge in [-0.1, -0.05) is 36.4 Å². The molecule has 1 aromatic heterocycles. The number of benzene rings is 1. The third kappa shape index (κ3) is 6.93. The highest BCUT2D eigenvalue weighted by Crippen LogP contribution is 2.41. The van der Waals surface area contributed by atoms with Crippen LogP contribution in [0.4, 0.5) is 4.39 Å². The van der Waals surface area contributed by atoms with Crippen molar-refractivity contribution >= 4 is 14.1 Å². The Hall–Kier alpha value is -2.83. The van der Waals surface area contributed by atoms with Crippen molar-refractivity contribution in [2.24, 2.45) is 0 Å². The number of nitrogens with zero attached hydrogens (tertiary/aromatic N) is 2. The Morgan fingerprint density at radius 1 is 1.32 bits per heavy atom. The molecule has 3 rings (SSSR count). The van der Waals surface area contributed by atoms with Crippen LogP contribution in [0.15, 0.2) is 52.2 Å². The van der Waals surface area contributed by atoms with Gasteiger partial charge in [0.15, 0.2) is 11.9 Å². The molecule has 37 heavy (non-hydrogen) atoms. The number of carbonyl (C=O) groups excluding carboxylic acids is 1. The molecule has 1 aliphatic heterocycles. The van der Waals surface area contributed by atoms with Gasteiger partial charge < -0.3 is 19.1 Å². The molecule has 1 saturated heterocycles. The number of rotatable bonds is 12. The van der Waals surface area contributed by atoms with Crippen molar-refractivity contribution in [1.82, 2.24) is 14.4 Å². The standard InChI is InChI=1S/C23H31FN3O9P/c1-4-5-13-33-20(30)15(2)27(37(32)36-16-9-7-6-8-10-16)34-14-17-19(29)23(3,24)21(35-17)26-12-11-18(28)25-22(26)31/h6-12,15,17,19,21,29,37H,4-5,13-14H2,1-3H3,(H,25,28,31)/t15-,17+,19+,21+,23+/m0/s1. The van der Waals surface area contributed by atoms with Crippen LogP contribution in [0.5, 0.6) is 5.75 Å². The predicted octanol–water partition coefficient (Wildman–Crippen LogP) is 1.96. The molecule has 2 aromatic rings. The first-order chi connectivity index (χ1) is 17.6. The molecule has 1 aromatic carbocycles. The number of aliphatic hydroxyl groups excluding tert-OH is 1. The molecule has 6 atom stereocenters. The van der Waals surface area contributed by atoms with Crippen LogP contribution >= 0.6 is 8.18 Å². The lowest BCUT2D eigenvalue weighted by molar-refractivity contribution is -0.181. The lowest BCUT2D eigenvalue weighted by Gasteiger charge is -2.27. The van der Waals surface area contributed by atoms with Crippen molar-refractivity contribution in [2.45, 2.75) is 63.8 Å². The van der Waals surface area contributed by atoms with Crippen molar-refractivity contribution in [3.63, 3.8) is 0 Å². The highest BCUT2D eigenvalue weighted by atomic mass is 31.1. The average molecular weight is 543 g/mol. The van der Waals surface area contributed by atoms with E-state index in [1.165, 1.54) is 6.92 Å². The van der Waals surface area contributed by atoms with Gasteiger partial charge in [0.2, 0.25) is 0 Å². The molecule has 1 unspecified atom stereocenters. The van der Waals surface area contributed by atoms with E-state index in [1.54, 1.807) is 30.3 Å². The highest BCUT2D eigenvalue weighted by Gasteiger charge is 2.55. The molecule has 0 radical (unpaired) electrons. The summed E-state index contributed by atoms with van der Waals surface area (Å²) < 4.78 is 45.6. The molecule has 1 fully saturated rings. The van der Waals surface area contributed by atoms with Crippen molar-refractivity contribution < 1.29 is 37.7 Å². The van der Waals surface area contributed by atoms with Gasteiger partial charge in [-0.25, -0.2) is 9.18 Å². The van der Waals surface area contributed by atoms with Gasteiger partial charge in [-0.2, -0.15) is 0 Å². The van der Waals surface area contributed by atoms with Crippen molar-refractivity contribution in [2.75, 3.05) is 13.2 Å². The number of alkyl halides is 1. The fraction of sp³-hybridized carbons (Fsp3) is 0.522. The number of nitrogens with one attached hydrogen (secondary N) is 1. The van der Waals surface area contributed by atoms with Gasteiger partial charge >= 0.3 is 19.8 Å². The quantitative estimate of drug-likeness (QED) is 0.176. The number of aromatic amines is 1. The van der Waals surface area contributed by atoms with Gasteiger partial charge in [0.1, 0.15) is 24.0 Å². The number of unbranched alkanes of at least 4 members (excludes halogenated alkanes) is 1. The topological polar surface area (TPSA) is 149 Å². The summed E-state index contributed by atoms with van der Waals surface area (Å²) in [4.78, 5) is 44.5. The first-order valence-electron chi connectivity index (χ1n) is 11.8.